The van der Waals surface area contributed by atoms with Gasteiger partial charge in [0.05, 0.1) is 24.6 Å². The number of nitrogens with zero attached hydrogens (tertiary/aromatic N) is 2. The summed E-state index contributed by atoms with van der Waals surface area (Å²) in [6.45, 7) is -0.193. The molecule has 0 radical (unpaired) electrons. The van der Waals surface area contributed by atoms with Crippen LogP contribution in [0.2, 0.25) is 0 Å². The Morgan fingerprint density at radius 1 is 1.19 bits per heavy atom. The zero-order valence-electron chi connectivity index (χ0n) is 17.5. The highest BCUT2D eigenvalue weighted by molar-refractivity contribution is 6.05. The average molecular weight is 427 g/mol. The molecule has 0 spiro atoms. The highest BCUT2D eigenvalue weighted by Gasteiger charge is 2.20. The maximum absolute atomic E-state index is 11.8. The van der Waals surface area contributed by atoms with Crippen LogP contribution < -0.4 is 5.32 Å². The predicted molar refractivity (Wildman–Crippen MR) is 122 cm³/mol. The SMILES string of the molecule is COC(=O)c1ccc(-c2oc3cnccc3c2Nc2ccc3c(c2)CC/C3=N\CO)cc1. The lowest BCUT2D eigenvalue weighted by Crippen LogP contribution is -2.00. The number of ether oxygens (including phenoxy) is 1. The van der Waals surface area contributed by atoms with Crippen LogP contribution in [0.3, 0.4) is 0 Å². The first kappa shape index (κ1) is 20.0. The minimum Gasteiger partial charge on any atom is -0.465 e. The molecule has 160 valence electrons. The molecule has 2 heterocycles. The fourth-order valence-corrected chi connectivity index (χ4v) is 4.10. The Hall–Kier alpha value is -3.97. The van der Waals surface area contributed by atoms with Gasteiger partial charge in [0.1, 0.15) is 6.73 Å². The molecule has 0 saturated heterocycles. The number of anilines is 2. The second-order valence-electron chi connectivity index (χ2n) is 7.49. The minimum atomic E-state index is -0.383. The lowest BCUT2D eigenvalue weighted by atomic mass is 10.1. The Morgan fingerprint density at radius 2 is 2.03 bits per heavy atom. The summed E-state index contributed by atoms with van der Waals surface area (Å²) >= 11 is 0. The van der Waals surface area contributed by atoms with Crippen molar-refractivity contribution in [2.75, 3.05) is 19.2 Å². The fourth-order valence-electron chi connectivity index (χ4n) is 4.10. The normalized spacial score (nSPS) is 14.0. The van der Waals surface area contributed by atoms with Crippen LogP contribution in [-0.2, 0) is 11.2 Å². The molecule has 2 N–H and O–H groups in total. The number of esters is 1. The topological polar surface area (TPSA) is 97.0 Å². The number of hydrogen-bond donors (Lipinski definition) is 2. The molecule has 0 fully saturated rings. The number of aryl methyl sites for hydroxylation is 1. The number of aromatic nitrogens is 1. The van der Waals surface area contributed by atoms with Gasteiger partial charge < -0.3 is 19.6 Å². The van der Waals surface area contributed by atoms with E-state index < -0.39 is 0 Å². The molecule has 32 heavy (non-hydrogen) atoms. The second kappa shape index (κ2) is 8.28. The van der Waals surface area contributed by atoms with Crippen molar-refractivity contribution in [1.29, 1.82) is 0 Å². The number of hydrogen-bond acceptors (Lipinski definition) is 7. The van der Waals surface area contributed by atoms with Gasteiger partial charge in [-0.2, -0.15) is 0 Å². The van der Waals surface area contributed by atoms with Gasteiger partial charge in [0.25, 0.3) is 0 Å². The second-order valence-corrected chi connectivity index (χ2v) is 7.49. The van der Waals surface area contributed by atoms with Crippen molar-refractivity contribution in [2.45, 2.75) is 12.8 Å². The Labute approximate surface area is 184 Å². The van der Waals surface area contributed by atoms with Crippen LogP contribution in [0.4, 0.5) is 11.4 Å². The van der Waals surface area contributed by atoms with Crippen LogP contribution in [-0.4, -0.2) is 35.6 Å². The molecule has 2 aromatic heterocycles. The van der Waals surface area contributed by atoms with Gasteiger partial charge in [-0.3, -0.25) is 9.98 Å². The van der Waals surface area contributed by atoms with Gasteiger partial charge >= 0.3 is 5.97 Å². The van der Waals surface area contributed by atoms with Crippen molar-refractivity contribution in [3.8, 4) is 11.3 Å². The number of carbonyl (C=O) groups excluding carboxylic acids is 1. The number of rotatable bonds is 5. The van der Waals surface area contributed by atoms with Gasteiger partial charge in [-0.1, -0.05) is 18.2 Å². The minimum absolute atomic E-state index is 0.193. The molecule has 7 heteroatoms. The highest BCUT2D eigenvalue weighted by atomic mass is 16.5. The van der Waals surface area contributed by atoms with Crippen LogP contribution in [0.15, 0.2) is 70.3 Å². The van der Waals surface area contributed by atoms with Crippen molar-refractivity contribution >= 4 is 34.0 Å². The summed E-state index contributed by atoms with van der Waals surface area (Å²) in [5.74, 6) is 0.276. The molecule has 0 aliphatic heterocycles. The summed E-state index contributed by atoms with van der Waals surface area (Å²) in [5, 5.41) is 13.6. The van der Waals surface area contributed by atoms with E-state index in [4.69, 9.17) is 14.3 Å². The third kappa shape index (κ3) is 3.52. The molecule has 1 aliphatic rings. The highest BCUT2D eigenvalue weighted by Crippen LogP contribution is 2.40. The Kier molecular flexibility index (Phi) is 5.17. The molecule has 0 unspecified atom stereocenters. The van der Waals surface area contributed by atoms with Crippen molar-refractivity contribution in [2.24, 2.45) is 4.99 Å². The molecular weight excluding hydrogens is 406 g/mol. The van der Waals surface area contributed by atoms with Crippen LogP contribution >= 0.6 is 0 Å². The monoisotopic (exact) mass is 427 g/mol. The molecule has 2 aromatic carbocycles. The van der Waals surface area contributed by atoms with Gasteiger partial charge in [0, 0.05) is 28.5 Å². The summed E-state index contributed by atoms with van der Waals surface area (Å²) < 4.78 is 10.9. The van der Waals surface area contributed by atoms with E-state index in [2.05, 4.69) is 21.4 Å². The van der Waals surface area contributed by atoms with Gasteiger partial charge in [-0.25, -0.2) is 4.79 Å². The number of nitrogens with one attached hydrogen (secondary N) is 1. The number of methoxy groups -OCH3 is 1. The van der Waals surface area contributed by atoms with Crippen molar-refractivity contribution < 1.29 is 19.1 Å². The van der Waals surface area contributed by atoms with Crippen molar-refractivity contribution in [1.82, 2.24) is 4.98 Å². The number of aliphatic imine (C=N–C) groups is 1. The summed E-state index contributed by atoms with van der Waals surface area (Å²) in [7, 11) is 1.36. The van der Waals surface area contributed by atoms with E-state index in [1.807, 2.05) is 30.3 Å². The van der Waals surface area contributed by atoms with E-state index in [1.165, 1.54) is 12.7 Å². The number of benzene rings is 2. The van der Waals surface area contributed by atoms with Gasteiger partial charge in [-0.15, -0.1) is 0 Å². The number of aliphatic hydroxyl groups excluding tert-OH is 1. The molecule has 4 aromatic rings. The summed E-state index contributed by atoms with van der Waals surface area (Å²) in [4.78, 5) is 20.1. The van der Waals surface area contributed by atoms with Crippen LogP contribution in [0.1, 0.15) is 27.9 Å². The zero-order valence-corrected chi connectivity index (χ0v) is 17.5. The predicted octanol–water partition coefficient (Wildman–Crippen LogP) is 4.71. The Bertz CT molecular complexity index is 1340. The maximum Gasteiger partial charge on any atom is 0.337 e. The number of furan rings is 1. The number of fused-ring (bicyclic) bond motifs is 2. The fraction of sp³-hybridized carbons (Fsp3) is 0.160. The zero-order chi connectivity index (χ0) is 22.1. The quantitative estimate of drug-likeness (QED) is 0.448. The third-order valence-corrected chi connectivity index (χ3v) is 5.64. The first-order valence-electron chi connectivity index (χ1n) is 10.3. The smallest absolute Gasteiger partial charge is 0.337 e. The Morgan fingerprint density at radius 3 is 2.81 bits per heavy atom. The van der Waals surface area contributed by atoms with E-state index in [0.717, 1.165) is 46.4 Å². The van der Waals surface area contributed by atoms with Gasteiger partial charge in [0.2, 0.25) is 0 Å². The van der Waals surface area contributed by atoms with Crippen molar-refractivity contribution in [3.05, 3.63) is 77.6 Å². The van der Waals surface area contributed by atoms with Crippen molar-refractivity contribution in [3.63, 3.8) is 0 Å². The van der Waals surface area contributed by atoms with E-state index >= 15 is 0 Å². The summed E-state index contributed by atoms with van der Waals surface area (Å²) in [5.41, 5.74) is 6.96. The summed E-state index contributed by atoms with van der Waals surface area (Å²) in [6.07, 6.45) is 5.14. The van der Waals surface area contributed by atoms with Crippen LogP contribution in [0.25, 0.3) is 22.3 Å². The van der Waals surface area contributed by atoms with Crippen LogP contribution in [0.5, 0.6) is 0 Å². The van der Waals surface area contributed by atoms with E-state index in [-0.39, 0.29) is 12.7 Å². The Balaban J connectivity index is 1.55. The molecule has 1 aliphatic carbocycles. The lowest BCUT2D eigenvalue weighted by Gasteiger charge is -2.10. The third-order valence-electron chi connectivity index (χ3n) is 5.64. The average Bonchev–Trinajstić information content (AvgIpc) is 3.40. The number of carbonyl (C=O) groups is 1. The standard InChI is InChI=1S/C25H21N3O4/c1-31-25(30)16-4-2-15(3-5-16)24-23(20-10-11-26-13-22(20)32-24)28-18-7-8-19-17(12-18)6-9-21(19)27-14-29/h2-5,7-8,10-13,28-29H,6,9,14H2,1H3/b27-21+. The largest absolute Gasteiger partial charge is 0.465 e. The van der Waals surface area contributed by atoms with Gasteiger partial charge in [0.15, 0.2) is 11.3 Å². The number of pyridine rings is 1. The van der Waals surface area contributed by atoms with E-state index in [0.29, 0.717) is 16.9 Å². The maximum atomic E-state index is 11.8. The first-order chi connectivity index (χ1) is 15.7. The molecular formula is C25H21N3O4. The molecule has 7 nitrogen and oxygen atoms in total. The molecule has 5 rings (SSSR count). The first-order valence-corrected chi connectivity index (χ1v) is 10.3. The lowest BCUT2D eigenvalue weighted by molar-refractivity contribution is 0.0600. The molecule has 0 saturated carbocycles. The van der Waals surface area contributed by atoms with E-state index in [9.17, 15) is 4.79 Å². The molecule has 0 bridgehead atoms. The van der Waals surface area contributed by atoms with E-state index in [1.54, 1.807) is 24.5 Å². The molecule has 0 amide bonds. The summed E-state index contributed by atoms with van der Waals surface area (Å²) in [6, 6.07) is 15.2. The van der Waals surface area contributed by atoms with Gasteiger partial charge in [-0.05, 0) is 54.3 Å². The number of aliphatic hydroxyl groups is 1. The van der Waals surface area contributed by atoms with Crippen LogP contribution in [0, 0.1) is 0 Å². The molecule has 0 atom stereocenters.